The Bertz CT molecular complexity index is 544. The van der Waals surface area contributed by atoms with Gasteiger partial charge in [-0.1, -0.05) is 83.3 Å². The normalized spacial score (nSPS) is 14.4. The van der Waals surface area contributed by atoms with E-state index >= 15 is 0 Å². The first-order valence-electron chi connectivity index (χ1n) is 11.8. The summed E-state index contributed by atoms with van der Waals surface area (Å²) < 4.78 is 0. The lowest BCUT2D eigenvalue weighted by Gasteiger charge is -2.28. The Labute approximate surface area is 186 Å². The summed E-state index contributed by atoms with van der Waals surface area (Å²) in [4.78, 5) is 33.5. The average molecular weight is 443 g/mol. The van der Waals surface area contributed by atoms with Crippen molar-refractivity contribution in [2.75, 3.05) is 0 Å². The molecule has 31 heavy (non-hydrogen) atoms. The first-order chi connectivity index (χ1) is 14.8. The van der Waals surface area contributed by atoms with Crippen molar-refractivity contribution in [2.45, 2.75) is 115 Å². The SMILES string of the molecule is CCCCCCCC/C=C\CCCCCCCCC(C(=O)O)C(O)(CC(=O)O)C(=O)O. The van der Waals surface area contributed by atoms with Gasteiger partial charge in [-0.05, 0) is 32.1 Å². The molecule has 0 fully saturated rings. The highest BCUT2D eigenvalue weighted by atomic mass is 16.4. The van der Waals surface area contributed by atoms with Crippen LogP contribution in [0.25, 0.3) is 0 Å². The van der Waals surface area contributed by atoms with Crippen molar-refractivity contribution < 1.29 is 34.8 Å². The Hall–Kier alpha value is -1.89. The highest BCUT2D eigenvalue weighted by molar-refractivity contribution is 5.89. The number of allylic oxidation sites excluding steroid dienone is 2. The summed E-state index contributed by atoms with van der Waals surface area (Å²) in [5.41, 5.74) is -2.79. The van der Waals surface area contributed by atoms with E-state index in [2.05, 4.69) is 19.1 Å². The smallest absolute Gasteiger partial charge is 0.337 e. The molecular weight excluding hydrogens is 400 g/mol. The Morgan fingerprint density at radius 3 is 1.61 bits per heavy atom. The van der Waals surface area contributed by atoms with E-state index < -0.39 is 35.8 Å². The van der Waals surface area contributed by atoms with Gasteiger partial charge in [0, 0.05) is 0 Å². The Morgan fingerprint density at radius 2 is 1.19 bits per heavy atom. The fraction of sp³-hybridized carbons (Fsp3) is 0.792. The quantitative estimate of drug-likeness (QED) is 0.138. The van der Waals surface area contributed by atoms with Gasteiger partial charge in [0.1, 0.15) is 0 Å². The van der Waals surface area contributed by atoms with Gasteiger partial charge in [-0.2, -0.15) is 0 Å². The van der Waals surface area contributed by atoms with Crippen LogP contribution in [-0.4, -0.2) is 43.9 Å². The summed E-state index contributed by atoms with van der Waals surface area (Å²) in [5.74, 6) is -6.49. The van der Waals surface area contributed by atoms with Gasteiger partial charge in [-0.15, -0.1) is 0 Å². The zero-order chi connectivity index (χ0) is 23.5. The van der Waals surface area contributed by atoms with Crippen molar-refractivity contribution in [1.29, 1.82) is 0 Å². The third-order valence-corrected chi connectivity index (χ3v) is 5.67. The van der Waals surface area contributed by atoms with Crippen LogP contribution in [0.4, 0.5) is 0 Å². The molecule has 0 saturated heterocycles. The second kappa shape index (κ2) is 17.8. The zero-order valence-corrected chi connectivity index (χ0v) is 19.1. The molecule has 2 atom stereocenters. The van der Waals surface area contributed by atoms with E-state index in [-0.39, 0.29) is 6.42 Å². The Kier molecular flexibility index (Phi) is 16.7. The molecule has 0 aromatic heterocycles. The third kappa shape index (κ3) is 13.9. The molecule has 0 radical (unpaired) electrons. The molecule has 0 spiro atoms. The van der Waals surface area contributed by atoms with E-state index in [0.717, 1.165) is 44.9 Å². The van der Waals surface area contributed by atoms with Crippen LogP contribution in [0.5, 0.6) is 0 Å². The first kappa shape index (κ1) is 29.1. The van der Waals surface area contributed by atoms with Crippen molar-refractivity contribution in [3.8, 4) is 0 Å². The van der Waals surface area contributed by atoms with Gasteiger partial charge in [-0.25, -0.2) is 4.79 Å². The molecule has 0 rings (SSSR count). The van der Waals surface area contributed by atoms with E-state index in [4.69, 9.17) is 10.2 Å². The van der Waals surface area contributed by atoms with Crippen LogP contribution in [0.2, 0.25) is 0 Å². The van der Waals surface area contributed by atoms with Crippen molar-refractivity contribution in [1.82, 2.24) is 0 Å². The van der Waals surface area contributed by atoms with Gasteiger partial charge >= 0.3 is 17.9 Å². The van der Waals surface area contributed by atoms with Gasteiger partial charge in [0.05, 0.1) is 12.3 Å². The van der Waals surface area contributed by atoms with E-state index in [1.165, 1.54) is 38.5 Å². The predicted molar refractivity (Wildman–Crippen MR) is 120 cm³/mol. The van der Waals surface area contributed by atoms with Crippen LogP contribution in [0.3, 0.4) is 0 Å². The number of hydrogen-bond acceptors (Lipinski definition) is 4. The lowest BCUT2D eigenvalue weighted by molar-refractivity contribution is -0.179. The maximum absolute atomic E-state index is 11.4. The summed E-state index contributed by atoms with van der Waals surface area (Å²) in [6.45, 7) is 2.23. The molecule has 0 aromatic carbocycles. The van der Waals surface area contributed by atoms with Crippen LogP contribution in [0.1, 0.15) is 110 Å². The molecule has 4 N–H and O–H groups in total. The number of carboxylic acids is 3. The molecule has 0 heterocycles. The molecule has 0 saturated carbocycles. The monoisotopic (exact) mass is 442 g/mol. The minimum Gasteiger partial charge on any atom is -0.481 e. The highest BCUT2D eigenvalue weighted by Crippen LogP contribution is 2.28. The van der Waals surface area contributed by atoms with Gasteiger partial charge < -0.3 is 20.4 Å². The van der Waals surface area contributed by atoms with Crippen LogP contribution in [0.15, 0.2) is 12.2 Å². The first-order valence-corrected chi connectivity index (χ1v) is 11.8. The number of carboxylic acid groups (broad SMARTS) is 3. The fourth-order valence-electron chi connectivity index (χ4n) is 3.74. The minimum atomic E-state index is -2.79. The molecular formula is C24H42O7. The van der Waals surface area contributed by atoms with E-state index in [9.17, 15) is 24.6 Å². The summed E-state index contributed by atoms with van der Waals surface area (Å²) in [7, 11) is 0. The maximum Gasteiger partial charge on any atom is 0.337 e. The molecule has 0 amide bonds. The Morgan fingerprint density at radius 1 is 0.742 bits per heavy atom. The van der Waals surface area contributed by atoms with Crippen LogP contribution in [-0.2, 0) is 14.4 Å². The largest absolute Gasteiger partial charge is 0.481 e. The van der Waals surface area contributed by atoms with Gasteiger partial charge in [-0.3, -0.25) is 9.59 Å². The summed E-state index contributed by atoms with van der Waals surface area (Å²) >= 11 is 0. The lowest BCUT2D eigenvalue weighted by Crippen LogP contribution is -2.50. The Balaban J connectivity index is 3.90. The number of aliphatic carboxylic acids is 3. The molecule has 0 aromatic rings. The van der Waals surface area contributed by atoms with Gasteiger partial charge in [0.2, 0.25) is 0 Å². The number of rotatable bonds is 21. The van der Waals surface area contributed by atoms with Crippen molar-refractivity contribution in [3.63, 3.8) is 0 Å². The van der Waals surface area contributed by atoms with Crippen LogP contribution < -0.4 is 0 Å². The molecule has 180 valence electrons. The number of carbonyl (C=O) groups is 3. The standard InChI is InChI=1S/C24H42O7/c1-2-3-4-5-6-7-8-9-10-11-12-13-14-15-16-17-18-20(22(27)28)24(31,23(29)30)19-21(25)26/h9-10,20,31H,2-8,11-19H2,1H3,(H,25,26)(H,27,28)(H,29,30)/b10-9-. The van der Waals surface area contributed by atoms with Gasteiger partial charge in [0.25, 0.3) is 0 Å². The fourth-order valence-corrected chi connectivity index (χ4v) is 3.74. The van der Waals surface area contributed by atoms with E-state index in [1.807, 2.05) is 0 Å². The van der Waals surface area contributed by atoms with E-state index in [0.29, 0.717) is 6.42 Å². The second-order valence-corrected chi connectivity index (χ2v) is 8.42. The molecule has 2 unspecified atom stereocenters. The van der Waals surface area contributed by atoms with Crippen molar-refractivity contribution in [3.05, 3.63) is 12.2 Å². The highest BCUT2D eigenvalue weighted by Gasteiger charge is 2.49. The molecule has 7 nitrogen and oxygen atoms in total. The average Bonchev–Trinajstić information content (AvgIpc) is 2.69. The van der Waals surface area contributed by atoms with E-state index in [1.54, 1.807) is 0 Å². The number of unbranched alkanes of at least 4 members (excludes halogenated alkanes) is 12. The molecule has 0 bridgehead atoms. The maximum atomic E-state index is 11.4. The number of hydrogen-bond donors (Lipinski definition) is 4. The zero-order valence-electron chi connectivity index (χ0n) is 19.1. The molecule has 7 heteroatoms. The van der Waals surface area contributed by atoms with Crippen molar-refractivity contribution in [2.24, 2.45) is 5.92 Å². The molecule has 0 aliphatic rings. The predicted octanol–water partition coefficient (Wildman–Crippen LogP) is 5.41. The minimum absolute atomic E-state index is 0.0629. The summed E-state index contributed by atoms with van der Waals surface area (Å²) in [5, 5.41) is 37.4. The molecule has 0 aliphatic carbocycles. The third-order valence-electron chi connectivity index (χ3n) is 5.67. The van der Waals surface area contributed by atoms with Crippen molar-refractivity contribution >= 4 is 17.9 Å². The molecule has 0 aliphatic heterocycles. The van der Waals surface area contributed by atoms with Gasteiger partial charge in [0.15, 0.2) is 5.60 Å². The second-order valence-electron chi connectivity index (χ2n) is 8.42. The number of aliphatic hydroxyl groups is 1. The van der Waals surface area contributed by atoms with Crippen LogP contribution in [0, 0.1) is 5.92 Å². The summed E-state index contributed by atoms with van der Waals surface area (Å²) in [6, 6.07) is 0. The van der Waals surface area contributed by atoms with Crippen LogP contribution >= 0.6 is 0 Å². The topological polar surface area (TPSA) is 132 Å². The summed E-state index contributed by atoms with van der Waals surface area (Å²) in [6.07, 6.45) is 18.7. The lowest BCUT2D eigenvalue weighted by atomic mass is 9.81.